The molecule has 0 bridgehead atoms. The summed E-state index contributed by atoms with van der Waals surface area (Å²) in [4.78, 5) is 4.34. The van der Waals surface area contributed by atoms with E-state index in [4.69, 9.17) is 11.6 Å². The van der Waals surface area contributed by atoms with Crippen molar-refractivity contribution in [2.75, 3.05) is 19.6 Å². The largest absolute Gasteiger partial charge is 0.303 e. The van der Waals surface area contributed by atoms with Crippen LogP contribution in [0.15, 0.2) is 35.7 Å². The number of piperidine rings is 1. The lowest BCUT2D eigenvalue weighted by Crippen LogP contribution is -2.34. The molecule has 0 N–H and O–H groups in total. The van der Waals surface area contributed by atoms with Gasteiger partial charge < -0.3 is 4.90 Å². The summed E-state index contributed by atoms with van der Waals surface area (Å²) in [7, 11) is 0. The molecule has 2 aliphatic rings. The molecule has 0 spiro atoms. The van der Waals surface area contributed by atoms with E-state index < -0.39 is 0 Å². The summed E-state index contributed by atoms with van der Waals surface area (Å²) in [5.74, 6) is 1.50. The Labute approximate surface area is 154 Å². The van der Waals surface area contributed by atoms with Gasteiger partial charge in [0.25, 0.3) is 0 Å². The van der Waals surface area contributed by atoms with Gasteiger partial charge in [0.1, 0.15) is 0 Å². The van der Waals surface area contributed by atoms with Crippen molar-refractivity contribution in [1.82, 2.24) is 4.90 Å². The van der Waals surface area contributed by atoms with Crippen molar-refractivity contribution < 1.29 is 0 Å². The van der Waals surface area contributed by atoms with Crippen LogP contribution >= 0.6 is 22.9 Å². The Morgan fingerprint density at radius 3 is 2.83 bits per heavy atom. The van der Waals surface area contributed by atoms with Gasteiger partial charge in [-0.3, -0.25) is 0 Å². The predicted octanol–water partition coefficient (Wildman–Crippen LogP) is 6.09. The Bertz CT molecular complexity index is 672. The number of rotatable bonds is 4. The van der Waals surface area contributed by atoms with Crippen molar-refractivity contribution in [3.05, 3.63) is 56.7 Å². The molecule has 1 fully saturated rings. The van der Waals surface area contributed by atoms with Gasteiger partial charge in [-0.15, -0.1) is 11.3 Å². The molecule has 1 unspecified atom stereocenters. The van der Waals surface area contributed by atoms with E-state index in [-0.39, 0.29) is 0 Å². The number of thiophene rings is 1. The average molecular weight is 360 g/mol. The molecular formula is C21H26ClNS. The van der Waals surface area contributed by atoms with Gasteiger partial charge in [-0.05, 0) is 105 Å². The number of aryl methyl sites for hydroxylation is 1. The van der Waals surface area contributed by atoms with E-state index in [9.17, 15) is 0 Å². The van der Waals surface area contributed by atoms with Crippen molar-refractivity contribution >= 4 is 22.9 Å². The molecule has 2 aromatic rings. The van der Waals surface area contributed by atoms with Gasteiger partial charge in [0.15, 0.2) is 0 Å². The van der Waals surface area contributed by atoms with Gasteiger partial charge in [0.05, 0.1) is 0 Å². The Kier molecular flexibility index (Phi) is 5.26. The van der Waals surface area contributed by atoms with Crippen LogP contribution in [0.25, 0.3) is 0 Å². The highest BCUT2D eigenvalue weighted by atomic mass is 35.5. The van der Waals surface area contributed by atoms with Gasteiger partial charge in [-0.25, -0.2) is 0 Å². The molecule has 1 saturated heterocycles. The molecule has 2 heterocycles. The fourth-order valence-corrected chi connectivity index (χ4v) is 5.68. The molecule has 0 saturated carbocycles. The van der Waals surface area contributed by atoms with E-state index in [0.29, 0.717) is 5.92 Å². The van der Waals surface area contributed by atoms with Crippen LogP contribution < -0.4 is 0 Å². The van der Waals surface area contributed by atoms with E-state index in [2.05, 4.69) is 34.5 Å². The zero-order valence-electron chi connectivity index (χ0n) is 14.2. The average Bonchev–Trinajstić information content (AvgIpc) is 3.10. The Hall–Kier alpha value is -0.830. The summed E-state index contributed by atoms with van der Waals surface area (Å²) in [6.45, 7) is 3.74. The molecule has 128 valence electrons. The summed E-state index contributed by atoms with van der Waals surface area (Å²) in [6, 6.07) is 10.8. The van der Waals surface area contributed by atoms with Crippen molar-refractivity contribution in [2.45, 2.75) is 50.4 Å². The smallest absolute Gasteiger partial charge is 0.0408 e. The second-order valence-electron chi connectivity index (χ2n) is 7.35. The quantitative estimate of drug-likeness (QED) is 0.638. The van der Waals surface area contributed by atoms with Crippen LogP contribution in [0.3, 0.4) is 0 Å². The molecule has 3 heteroatoms. The first-order chi connectivity index (χ1) is 11.8. The lowest BCUT2D eigenvalue weighted by molar-refractivity contribution is 0.203. The number of halogens is 1. The molecule has 0 amide bonds. The lowest BCUT2D eigenvalue weighted by atomic mass is 9.85. The summed E-state index contributed by atoms with van der Waals surface area (Å²) in [6.07, 6.45) is 7.97. The maximum Gasteiger partial charge on any atom is 0.0408 e. The molecule has 0 radical (unpaired) electrons. The van der Waals surface area contributed by atoms with Crippen LogP contribution in [0, 0.1) is 0 Å². The highest BCUT2D eigenvalue weighted by Crippen LogP contribution is 2.37. The minimum absolute atomic E-state index is 0.693. The lowest BCUT2D eigenvalue weighted by Gasteiger charge is -2.33. The normalized spacial score (nSPS) is 22.5. The molecule has 1 aromatic heterocycles. The van der Waals surface area contributed by atoms with Crippen molar-refractivity contribution in [3.8, 4) is 0 Å². The number of hydrogen-bond acceptors (Lipinski definition) is 2. The van der Waals surface area contributed by atoms with Crippen LogP contribution in [0.1, 0.15) is 59.9 Å². The highest BCUT2D eigenvalue weighted by Gasteiger charge is 2.24. The monoisotopic (exact) mass is 359 g/mol. The highest BCUT2D eigenvalue weighted by molar-refractivity contribution is 7.10. The van der Waals surface area contributed by atoms with Crippen molar-refractivity contribution in [3.63, 3.8) is 0 Å². The Morgan fingerprint density at radius 2 is 2.00 bits per heavy atom. The maximum atomic E-state index is 6.15. The summed E-state index contributed by atoms with van der Waals surface area (Å²) < 4.78 is 0. The van der Waals surface area contributed by atoms with E-state index >= 15 is 0 Å². The van der Waals surface area contributed by atoms with Gasteiger partial charge in [0, 0.05) is 9.90 Å². The summed E-state index contributed by atoms with van der Waals surface area (Å²) in [5.41, 5.74) is 3.09. The van der Waals surface area contributed by atoms with E-state index in [0.717, 1.165) is 10.9 Å². The number of nitrogens with zero attached hydrogens (tertiary/aromatic N) is 1. The van der Waals surface area contributed by atoms with Gasteiger partial charge in [-0.1, -0.05) is 23.7 Å². The number of benzene rings is 1. The Morgan fingerprint density at radius 1 is 1.12 bits per heavy atom. The SMILES string of the molecule is Clc1cccc(C2CCN(CCC3CCCc4sccc43)CC2)c1. The third-order valence-electron chi connectivity index (χ3n) is 5.88. The first-order valence-corrected chi connectivity index (χ1v) is 10.6. The van der Waals surface area contributed by atoms with Crippen LogP contribution in [0.5, 0.6) is 0 Å². The van der Waals surface area contributed by atoms with Gasteiger partial charge >= 0.3 is 0 Å². The number of fused-ring (bicyclic) bond motifs is 1. The van der Waals surface area contributed by atoms with Gasteiger partial charge in [-0.2, -0.15) is 0 Å². The molecule has 1 aliphatic heterocycles. The molecule has 4 rings (SSSR count). The summed E-state index contributed by atoms with van der Waals surface area (Å²) in [5, 5.41) is 3.17. The minimum atomic E-state index is 0.693. The molecular weight excluding hydrogens is 334 g/mol. The maximum absolute atomic E-state index is 6.15. The fourth-order valence-electron chi connectivity index (χ4n) is 4.47. The predicted molar refractivity (Wildman–Crippen MR) is 104 cm³/mol. The van der Waals surface area contributed by atoms with E-state index in [1.165, 1.54) is 63.7 Å². The zero-order valence-corrected chi connectivity index (χ0v) is 15.8. The van der Waals surface area contributed by atoms with E-state index in [1.807, 2.05) is 17.4 Å². The standard InChI is InChI=1S/C21H26ClNS/c22-19-5-1-4-18(15-19)16-7-11-23(12-8-16)13-9-17-3-2-6-21-20(17)10-14-24-21/h1,4-5,10,14-17H,2-3,6-9,11-13H2. The van der Waals surface area contributed by atoms with Crippen LogP contribution in [-0.2, 0) is 6.42 Å². The fraction of sp³-hybridized carbons (Fsp3) is 0.524. The van der Waals surface area contributed by atoms with Crippen molar-refractivity contribution in [1.29, 1.82) is 0 Å². The number of hydrogen-bond donors (Lipinski definition) is 0. The van der Waals surface area contributed by atoms with Crippen LogP contribution in [0.2, 0.25) is 5.02 Å². The van der Waals surface area contributed by atoms with Crippen molar-refractivity contribution in [2.24, 2.45) is 0 Å². The first kappa shape index (κ1) is 16.6. The number of likely N-dealkylation sites (tertiary alicyclic amines) is 1. The zero-order chi connectivity index (χ0) is 16.4. The minimum Gasteiger partial charge on any atom is -0.303 e. The van der Waals surface area contributed by atoms with Crippen LogP contribution in [0.4, 0.5) is 0 Å². The summed E-state index contributed by atoms with van der Waals surface area (Å²) >= 11 is 8.12. The topological polar surface area (TPSA) is 3.24 Å². The second-order valence-corrected chi connectivity index (χ2v) is 8.78. The molecule has 1 aliphatic carbocycles. The van der Waals surface area contributed by atoms with Crippen LogP contribution in [-0.4, -0.2) is 24.5 Å². The first-order valence-electron chi connectivity index (χ1n) is 9.33. The molecule has 24 heavy (non-hydrogen) atoms. The third-order valence-corrected chi connectivity index (χ3v) is 7.11. The molecule has 1 aromatic carbocycles. The van der Waals surface area contributed by atoms with Gasteiger partial charge in [0.2, 0.25) is 0 Å². The Balaban J connectivity index is 1.28. The third kappa shape index (κ3) is 3.71. The van der Waals surface area contributed by atoms with E-state index in [1.54, 1.807) is 10.4 Å². The second kappa shape index (κ2) is 7.59. The molecule has 1 atom stereocenters. The molecule has 1 nitrogen and oxygen atoms in total.